The zero-order valence-electron chi connectivity index (χ0n) is 11.0. The molecule has 0 radical (unpaired) electrons. The standard InChI is InChI=1S/C11H18N4O3S/c1-8(2)14-19(17,18)15(3)10-7-5-4-6-9(10)11(12)13-16/h4-8,14,16H,1-3H3,(H2,12,13). The summed E-state index contributed by atoms with van der Waals surface area (Å²) >= 11 is 0. The van der Waals surface area contributed by atoms with Gasteiger partial charge in [0.05, 0.1) is 5.69 Å². The Balaban J connectivity index is 3.24. The number of benzene rings is 1. The second-order valence-electron chi connectivity index (χ2n) is 4.25. The Kier molecular flexibility index (Phi) is 4.73. The molecular formula is C11H18N4O3S. The van der Waals surface area contributed by atoms with Crippen LogP contribution in [0.5, 0.6) is 0 Å². The van der Waals surface area contributed by atoms with Crippen LogP contribution in [-0.4, -0.2) is 32.6 Å². The van der Waals surface area contributed by atoms with Crippen molar-refractivity contribution >= 4 is 21.7 Å². The summed E-state index contributed by atoms with van der Waals surface area (Å²) in [6, 6.07) is 6.26. The molecule has 0 spiro atoms. The lowest BCUT2D eigenvalue weighted by Gasteiger charge is -2.23. The molecule has 0 saturated carbocycles. The Morgan fingerprint density at radius 2 is 2.00 bits per heavy atom. The van der Waals surface area contributed by atoms with Crippen LogP contribution in [0, 0.1) is 0 Å². The van der Waals surface area contributed by atoms with Crippen LogP contribution in [0.2, 0.25) is 0 Å². The highest BCUT2D eigenvalue weighted by Gasteiger charge is 2.22. The minimum atomic E-state index is -3.69. The average Bonchev–Trinajstić information content (AvgIpc) is 2.35. The Morgan fingerprint density at radius 3 is 2.53 bits per heavy atom. The SMILES string of the molecule is CC(C)NS(=O)(=O)N(C)c1ccccc1/C(N)=N/O. The predicted molar refractivity (Wildman–Crippen MR) is 74.5 cm³/mol. The number of rotatable bonds is 5. The number of para-hydroxylation sites is 1. The van der Waals surface area contributed by atoms with Gasteiger partial charge in [-0.1, -0.05) is 17.3 Å². The molecule has 106 valence electrons. The number of hydrogen-bond donors (Lipinski definition) is 3. The zero-order valence-corrected chi connectivity index (χ0v) is 11.8. The second kappa shape index (κ2) is 5.89. The van der Waals surface area contributed by atoms with Gasteiger partial charge in [0.25, 0.3) is 0 Å². The molecule has 0 heterocycles. The van der Waals surface area contributed by atoms with Gasteiger partial charge in [0.1, 0.15) is 0 Å². The molecule has 0 bridgehead atoms. The van der Waals surface area contributed by atoms with Crippen molar-refractivity contribution in [2.45, 2.75) is 19.9 Å². The second-order valence-corrected chi connectivity index (χ2v) is 5.98. The largest absolute Gasteiger partial charge is 0.409 e. The van der Waals surface area contributed by atoms with Gasteiger partial charge >= 0.3 is 10.2 Å². The van der Waals surface area contributed by atoms with Crippen LogP contribution in [0.15, 0.2) is 29.4 Å². The smallest absolute Gasteiger partial charge is 0.301 e. The van der Waals surface area contributed by atoms with Crippen molar-refractivity contribution in [3.63, 3.8) is 0 Å². The first kappa shape index (κ1) is 15.3. The molecule has 0 fully saturated rings. The number of nitrogens with zero attached hydrogens (tertiary/aromatic N) is 2. The normalized spacial score (nSPS) is 12.7. The lowest BCUT2D eigenvalue weighted by molar-refractivity contribution is 0.318. The first-order valence-corrected chi connectivity index (χ1v) is 7.06. The molecular weight excluding hydrogens is 268 g/mol. The van der Waals surface area contributed by atoms with Crippen LogP contribution >= 0.6 is 0 Å². The fourth-order valence-corrected chi connectivity index (χ4v) is 2.70. The molecule has 4 N–H and O–H groups in total. The summed E-state index contributed by atoms with van der Waals surface area (Å²) in [5.41, 5.74) is 6.20. The monoisotopic (exact) mass is 286 g/mol. The number of nitrogens with one attached hydrogen (secondary N) is 1. The number of nitrogens with two attached hydrogens (primary N) is 1. The van der Waals surface area contributed by atoms with Crippen LogP contribution in [0.3, 0.4) is 0 Å². The molecule has 1 aromatic rings. The number of amidine groups is 1. The molecule has 7 nitrogen and oxygen atoms in total. The van der Waals surface area contributed by atoms with Crippen molar-refractivity contribution in [2.24, 2.45) is 10.9 Å². The van der Waals surface area contributed by atoms with Gasteiger partial charge in [0, 0.05) is 18.7 Å². The van der Waals surface area contributed by atoms with Crippen LogP contribution in [-0.2, 0) is 10.2 Å². The van der Waals surface area contributed by atoms with E-state index < -0.39 is 10.2 Å². The van der Waals surface area contributed by atoms with Crippen molar-refractivity contribution in [2.75, 3.05) is 11.4 Å². The molecule has 1 rings (SSSR count). The fourth-order valence-electron chi connectivity index (χ4n) is 1.53. The average molecular weight is 286 g/mol. The van der Waals surface area contributed by atoms with Crippen LogP contribution < -0.4 is 14.8 Å². The van der Waals surface area contributed by atoms with Gasteiger partial charge in [0.2, 0.25) is 0 Å². The van der Waals surface area contributed by atoms with Gasteiger partial charge in [-0.2, -0.15) is 13.1 Å². The van der Waals surface area contributed by atoms with Crippen molar-refractivity contribution < 1.29 is 13.6 Å². The molecule has 0 amide bonds. The minimum absolute atomic E-state index is 0.151. The van der Waals surface area contributed by atoms with E-state index in [0.717, 1.165) is 4.31 Å². The molecule has 0 saturated heterocycles. The molecule has 8 heteroatoms. The number of anilines is 1. The van der Waals surface area contributed by atoms with E-state index in [1.807, 2.05) is 0 Å². The van der Waals surface area contributed by atoms with E-state index in [4.69, 9.17) is 10.9 Å². The van der Waals surface area contributed by atoms with Crippen molar-refractivity contribution in [1.29, 1.82) is 0 Å². The van der Waals surface area contributed by atoms with E-state index in [1.54, 1.807) is 38.1 Å². The quantitative estimate of drug-likeness (QED) is 0.316. The zero-order chi connectivity index (χ0) is 14.6. The predicted octanol–water partition coefficient (Wildman–Crippen LogP) is 0.460. The summed E-state index contributed by atoms with van der Waals surface area (Å²) < 4.78 is 27.7. The van der Waals surface area contributed by atoms with E-state index >= 15 is 0 Å². The topological polar surface area (TPSA) is 108 Å². The van der Waals surface area contributed by atoms with Crippen LogP contribution in [0.4, 0.5) is 5.69 Å². The number of hydrogen-bond acceptors (Lipinski definition) is 4. The summed E-state index contributed by atoms with van der Waals surface area (Å²) in [5, 5.41) is 11.6. The fraction of sp³-hybridized carbons (Fsp3) is 0.364. The van der Waals surface area contributed by atoms with Crippen molar-refractivity contribution in [3.05, 3.63) is 29.8 Å². The summed E-state index contributed by atoms with van der Waals surface area (Å²) in [4.78, 5) is 0. The maximum Gasteiger partial charge on any atom is 0.301 e. The molecule has 0 aromatic heterocycles. The molecule has 0 unspecified atom stereocenters. The van der Waals surface area contributed by atoms with Gasteiger partial charge in [-0.15, -0.1) is 0 Å². The lowest BCUT2D eigenvalue weighted by Crippen LogP contribution is -2.42. The van der Waals surface area contributed by atoms with Crippen molar-refractivity contribution in [3.8, 4) is 0 Å². The molecule has 0 aliphatic carbocycles. The van der Waals surface area contributed by atoms with Crippen molar-refractivity contribution in [1.82, 2.24) is 4.72 Å². The summed E-state index contributed by atoms with van der Waals surface area (Å²) in [7, 11) is -2.29. The first-order chi connectivity index (χ1) is 8.79. The first-order valence-electron chi connectivity index (χ1n) is 5.62. The molecule has 0 atom stereocenters. The molecule has 1 aromatic carbocycles. The molecule has 0 aliphatic rings. The Labute approximate surface area is 112 Å². The highest BCUT2D eigenvalue weighted by atomic mass is 32.2. The lowest BCUT2D eigenvalue weighted by atomic mass is 10.1. The highest BCUT2D eigenvalue weighted by molar-refractivity contribution is 7.90. The summed E-state index contributed by atoms with van der Waals surface area (Å²) in [6.07, 6.45) is 0. The van der Waals surface area contributed by atoms with Gasteiger partial charge < -0.3 is 10.9 Å². The third-order valence-electron chi connectivity index (χ3n) is 2.37. The Hall–Kier alpha value is -1.80. The minimum Gasteiger partial charge on any atom is -0.409 e. The van der Waals surface area contributed by atoms with Gasteiger partial charge in [-0.25, -0.2) is 0 Å². The highest BCUT2D eigenvalue weighted by Crippen LogP contribution is 2.21. The van der Waals surface area contributed by atoms with Gasteiger partial charge in [-0.3, -0.25) is 4.31 Å². The maximum absolute atomic E-state index is 12.1. The van der Waals surface area contributed by atoms with Gasteiger partial charge in [0.15, 0.2) is 5.84 Å². The maximum atomic E-state index is 12.1. The van der Waals surface area contributed by atoms with E-state index in [1.165, 1.54) is 7.05 Å². The van der Waals surface area contributed by atoms with E-state index in [2.05, 4.69) is 9.88 Å². The van der Waals surface area contributed by atoms with E-state index in [-0.39, 0.29) is 11.9 Å². The van der Waals surface area contributed by atoms with E-state index in [0.29, 0.717) is 11.3 Å². The number of oxime groups is 1. The summed E-state index contributed by atoms with van der Waals surface area (Å²) in [6.45, 7) is 3.45. The van der Waals surface area contributed by atoms with Crippen LogP contribution in [0.1, 0.15) is 19.4 Å². The van der Waals surface area contributed by atoms with Gasteiger partial charge in [-0.05, 0) is 26.0 Å². The third kappa shape index (κ3) is 3.58. The molecule has 0 aliphatic heterocycles. The molecule has 19 heavy (non-hydrogen) atoms. The van der Waals surface area contributed by atoms with E-state index in [9.17, 15) is 8.42 Å². The Morgan fingerprint density at radius 1 is 1.42 bits per heavy atom. The summed E-state index contributed by atoms with van der Waals surface area (Å²) in [5.74, 6) is -0.151. The third-order valence-corrected chi connectivity index (χ3v) is 4.06. The Bertz CT molecular complexity index is 569. The van der Waals surface area contributed by atoms with Crippen LogP contribution in [0.25, 0.3) is 0 Å².